The number of benzene rings is 2. The molecule has 0 unspecified atom stereocenters. The fourth-order valence-electron chi connectivity index (χ4n) is 2.66. The van der Waals surface area contributed by atoms with Crippen LogP contribution in [-0.4, -0.2) is 4.98 Å². The van der Waals surface area contributed by atoms with E-state index in [1.807, 2.05) is 13.8 Å². The number of rotatable bonds is 2. The Kier molecular flexibility index (Phi) is 4.72. The zero-order chi connectivity index (χ0) is 15.6. The van der Waals surface area contributed by atoms with Gasteiger partial charge >= 0.3 is 0 Å². The van der Waals surface area contributed by atoms with Gasteiger partial charge < -0.3 is 4.98 Å². The molecule has 0 fully saturated rings. The van der Waals surface area contributed by atoms with Crippen molar-refractivity contribution in [1.29, 1.82) is 0 Å². The zero-order valence-electron chi connectivity index (χ0n) is 14.1. The summed E-state index contributed by atoms with van der Waals surface area (Å²) in [4.78, 5) is 3.57. The highest BCUT2D eigenvalue weighted by Crippen LogP contribution is 2.30. The number of aromatic nitrogens is 1. The minimum atomic E-state index is 0.571. The Morgan fingerprint density at radius 2 is 1.05 bits per heavy atom. The van der Waals surface area contributed by atoms with Crippen molar-refractivity contribution in [2.45, 2.75) is 53.4 Å². The first-order valence-electron chi connectivity index (χ1n) is 8.11. The summed E-state index contributed by atoms with van der Waals surface area (Å²) in [6.07, 6.45) is 0. The van der Waals surface area contributed by atoms with Crippen LogP contribution >= 0.6 is 0 Å². The number of nitrogens with one attached hydrogen (secondary N) is 1. The molecule has 1 heterocycles. The molecule has 3 aromatic rings. The summed E-state index contributed by atoms with van der Waals surface area (Å²) in [6.45, 7) is 12.9. The molecule has 3 rings (SSSR count). The molecule has 21 heavy (non-hydrogen) atoms. The average molecular weight is 281 g/mol. The van der Waals surface area contributed by atoms with Crippen LogP contribution in [0.4, 0.5) is 0 Å². The second-order valence-corrected chi connectivity index (χ2v) is 6.04. The molecule has 0 atom stereocenters. The van der Waals surface area contributed by atoms with E-state index in [9.17, 15) is 0 Å². The summed E-state index contributed by atoms with van der Waals surface area (Å²) in [7, 11) is 0. The first-order valence-corrected chi connectivity index (χ1v) is 8.11. The van der Waals surface area contributed by atoms with E-state index in [1.165, 1.54) is 32.9 Å². The normalized spacial score (nSPS) is 11.2. The van der Waals surface area contributed by atoms with E-state index in [4.69, 9.17) is 0 Å². The molecule has 0 spiro atoms. The van der Waals surface area contributed by atoms with Crippen LogP contribution in [0, 0.1) is 0 Å². The minimum Gasteiger partial charge on any atom is -0.354 e. The van der Waals surface area contributed by atoms with Gasteiger partial charge in [0, 0.05) is 21.8 Å². The number of fused-ring (bicyclic) bond motifs is 3. The molecule has 0 saturated carbocycles. The van der Waals surface area contributed by atoms with Gasteiger partial charge in [-0.15, -0.1) is 0 Å². The molecule has 0 aliphatic heterocycles. The van der Waals surface area contributed by atoms with Gasteiger partial charge in [-0.1, -0.05) is 65.8 Å². The van der Waals surface area contributed by atoms with Crippen LogP contribution in [-0.2, 0) is 0 Å². The predicted octanol–water partition coefficient (Wildman–Crippen LogP) is 6.59. The van der Waals surface area contributed by atoms with Gasteiger partial charge in [0.2, 0.25) is 0 Å². The molecule has 0 aliphatic carbocycles. The van der Waals surface area contributed by atoms with Gasteiger partial charge in [0.15, 0.2) is 0 Å². The largest absolute Gasteiger partial charge is 0.354 e. The Hall–Kier alpha value is -1.76. The summed E-state index contributed by atoms with van der Waals surface area (Å²) < 4.78 is 0. The topological polar surface area (TPSA) is 15.8 Å². The Bertz CT molecular complexity index is 670. The Labute approximate surface area is 128 Å². The third-order valence-corrected chi connectivity index (χ3v) is 3.98. The SMILES string of the molecule is CC.CC(C)c1ccc2c(c1)[nH]c1cc(C(C)C)ccc12. The van der Waals surface area contributed by atoms with Crippen molar-refractivity contribution in [2.24, 2.45) is 0 Å². The van der Waals surface area contributed by atoms with Gasteiger partial charge in [-0.05, 0) is 35.1 Å². The standard InChI is InChI=1S/C18H21N.C2H6/c1-11(2)13-5-7-15-16-8-6-14(12(3)4)10-18(16)19-17(15)9-13;1-2/h5-12,19H,1-4H3;1-2H3. The van der Waals surface area contributed by atoms with Crippen molar-refractivity contribution in [3.05, 3.63) is 47.5 Å². The highest BCUT2D eigenvalue weighted by atomic mass is 14.7. The van der Waals surface area contributed by atoms with E-state index in [0.717, 1.165) is 0 Å². The fraction of sp³-hybridized carbons (Fsp3) is 0.400. The van der Waals surface area contributed by atoms with Gasteiger partial charge in [0.25, 0.3) is 0 Å². The van der Waals surface area contributed by atoms with Gasteiger partial charge in [-0.2, -0.15) is 0 Å². The molecule has 1 heteroatoms. The summed E-state index contributed by atoms with van der Waals surface area (Å²) in [5, 5.41) is 2.66. The summed E-state index contributed by atoms with van der Waals surface area (Å²) in [6, 6.07) is 13.6. The molecule has 0 saturated heterocycles. The number of hydrogen-bond donors (Lipinski definition) is 1. The minimum absolute atomic E-state index is 0.571. The zero-order valence-corrected chi connectivity index (χ0v) is 14.1. The number of hydrogen-bond acceptors (Lipinski definition) is 0. The Morgan fingerprint density at radius 1 is 0.667 bits per heavy atom. The molecular weight excluding hydrogens is 254 g/mol. The van der Waals surface area contributed by atoms with Crippen molar-refractivity contribution in [1.82, 2.24) is 4.98 Å². The first-order chi connectivity index (χ1) is 10.1. The quantitative estimate of drug-likeness (QED) is 0.545. The van der Waals surface area contributed by atoms with Crippen molar-refractivity contribution < 1.29 is 0 Å². The lowest BCUT2D eigenvalue weighted by Crippen LogP contribution is -1.85. The van der Waals surface area contributed by atoms with Crippen molar-refractivity contribution in [3.63, 3.8) is 0 Å². The Balaban J connectivity index is 0.000000774. The second-order valence-electron chi connectivity index (χ2n) is 6.04. The van der Waals surface area contributed by atoms with Gasteiger partial charge in [0.05, 0.1) is 0 Å². The lowest BCUT2D eigenvalue weighted by Gasteiger charge is -2.04. The van der Waals surface area contributed by atoms with Crippen molar-refractivity contribution >= 4 is 21.8 Å². The van der Waals surface area contributed by atoms with Crippen molar-refractivity contribution in [2.75, 3.05) is 0 Å². The predicted molar refractivity (Wildman–Crippen MR) is 95.3 cm³/mol. The first kappa shape index (κ1) is 15.6. The average Bonchev–Trinajstić information content (AvgIpc) is 2.85. The van der Waals surface area contributed by atoms with E-state index >= 15 is 0 Å². The summed E-state index contributed by atoms with van der Waals surface area (Å²) >= 11 is 0. The third kappa shape index (κ3) is 2.97. The van der Waals surface area contributed by atoms with E-state index in [0.29, 0.717) is 11.8 Å². The maximum absolute atomic E-state index is 3.57. The molecular formula is C20H27N. The van der Waals surface area contributed by atoms with E-state index in [1.54, 1.807) is 0 Å². The van der Waals surface area contributed by atoms with Crippen LogP contribution in [0.15, 0.2) is 36.4 Å². The monoisotopic (exact) mass is 281 g/mol. The molecule has 1 N–H and O–H groups in total. The van der Waals surface area contributed by atoms with Crippen molar-refractivity contribution in [3.8, 4) is 0 Å². The van der Waals surface area contributed by atoms with Gasteiger partial charge in [-0.3, -0.25) is 0 Å². The second kappa shape index (κ2) is 6.34. The summed E-state index contributed by atoms with van der Waals surface area (Å²) in [5.41, 5.74) is 5.29. The molecule has 1 aromatic heterocycles. The maximum Gasteiger partial charge on any atom is 0.0467 e. The summed E-state index contributed by atoms with van der Waals surface area (Å²) in [5.74, 6) is 1.14. The Morgan fingerprint density at radius 3 is 1.38 bits per heavy atom. The molecule has 0 bridgehead atoms. The fourth-order valence-corrected chi connectivity index (χ4v) is 2.66. The van der Waals surface area contributed by atoms with E-state index in [2.05, 4.69) is 69.1 Å². The molecule has 112 valence electrons. The lowest BCUT2D eigenvalue weighted by atomic mass is 10.00. The van der Waals surface area contributed by atoms with Crippen LogP contribution in [0.3, 0.4) is 0 Å². The highest BCUT2D eigenvalue weighted by molar-refractivity contribution is 6.07. The van der Waals surface area contributed by atoms with Crippen LogP contribution in [0.25, 0.3) is 21.8 Å². The maximum atomic E-state index is 3.57. The molecule has 0 amide bonds. The number of aromatic amines is 1. The van der Waals surface area contributed by atoms with E-state index in [-0.39, 0.29) is 0 Å². The lowest BCUT2D eigenvalue weighted by molar-refractivity contribution is 0.868. The van der Waals surface area contributed by atoms with Crippen LogP contribution in [0.1, 0.15) is 64.5 Å². The third-order valence-electron chi connectivity index (χ3n) is 3.98. The van der Waals surface area contributed by atoms with E-state index < -0.39 is 0 Å². The molecule has 2 aromatic carbocycles. The van der Waals surface area contributed by atoms with Crippen LogP contribution in [0.5, 0.6) is 0 Å². The molecule has 1 nitrogen and oxygen atoms in total. The van der Waals surface area contributed by atoms with Gasteiger partial charge in [0.1, 0.15) is 0 Å². The smallest absolute Gasteiger partial charge is 0.0467 e. The van der Waals surface area contributed by atoms with Crippen LogP contribution < -0.4 is 0 Å². The van der Waals surface area contributed by atoms with Crippen LogP contribution in [0.2, 0.25) is 0 Å². The molecule has 0 radical (unpaired) electrons. The molecule has 0 aliphatic rings. The number of H-pyrrole nitrogens is 1. The van der Waals surface area contributed by atoms with Gasteiger partial charge in [-0.25, -0.2) is 0 Å². The highest BCUT2D eigenvalue weighted by Gasteiger charge is 2.08.